The van der Waals surface area contributed by atoms with Gasteiger partial charge in [0, 0.05) is 17.7 Å². The molecule has 0 bridgehead atoms. The van der Waals surface area contributed by atoms with Crippen molar-refractivity contribution in [3.8, 4) is 0 Å². The average Bonchev–Trinajstić information content (AvgIpc) is 2.33. The molecule has 17 heavy (non-hydrogen) atoms. The van der Waals surface area contributed by atoms with Crippen LogP contribution in [0.15, 0.2) is 18.2 Å². The first kappa shape index (κ1) is 15.7. The van der Waals surface area contributed by atoms with Crippen molar-refractivity contribution in [3.63, 3.8) is 0 Å². The van der Waals surface area contributed by atoms with Crippen LogP contribution in [0.2, 0.25) is 0 Å². The lowest BCUT2D eigenvalue weighted by Crippen LogP contribution is -2.09. The van der Waals surface area contributed by atoms with E-state index < -0.39 is 0 Å². The number of ketones is 1. The van der Waals surface area contributed by atoms with E-state index in [0.717, 1.165) is 29.9 Å². The molecule has 0 saturated carbocycles. The predicted octanol–water partition coefficient (Wildman–Crippen LogP) is 2.79. The van der Waals surface area contributed by atoms with Crippen LogP contribution in [-0.2, 0) is 0 Å². The number of carbonyl (C=O) groups is 1. The zero-order valence-corrected chi connectivity index (χ0v) is 11.3. The summed E-state index contributed by atoms with van der Waals surface area (Å²) in [4.78, 5) is 11.2. The predicted molar refractivity (Wildman–Crippen MR) is 74.4 cm³/mol. The molecule has 3 heteroatoms. The second-order valence-corrected chi connectivity index (χ2v) is 3.81. The fourth-order valence-electron chi connectivity index (χ4n) is 1.30. The molecular formula is C14H24N2O. The van der Waals surface area contributed by atoms with Crippen molar-refractivity contribution in [1.82, 2.24) is 5.32 Å². The number of aryl methyl sites for hydroxylation is 1. The summed E-state index contributed by atoms with van der Waals surface area (Å²) < 4.78 is 0. The van der Waals surface area contributed by atoms with Crippen LogP contribution in [0, 0.1) is 6.92 Å². The molecule has 96 valence electrons. The minimum Gasteiger partial charge on any atom is -0.399 e. The lowest BCUT2D eigenvalue weighted by molar-refractivity contribution is 0.0988. The molecule has 0 aromatic heterocycles. The molecule has 1 rings (SSSR count). The van der Waals surface area contributed by atoms with E-state index in [2.05, 4.69) is 19.2 Å². The van der Waals surface area contributed by atoms with Crippen LogP contribution < -0.4 is 11.1 Å². The molecule has 0 spiro atoms. The SMILES string of the molecule is CCC(=O)c1ccc(N)c(C)c1.CCNCC. The number of Topliss-reactive ketones (excluding diaryl/α,β-unsaturated/α-hetero) is 1. The molecule has 0 fully saturated rings. The third kappa shape index (κ3) is 6.07. The van der Waals surface area contributed by atoms with Gasteiger partial charge in [-0.1, -0.05) is 20.8 Å². The van der Waals surface area contributed by atoms with Crippen molar-refractivity contribution in [2.45, 2.75) is 34.1 Å². The standard InChI is InChI=1S/C10H13NO.C4H11N/c1-3-10(12)8-4-5-9(11)7(2)6-8;1-3-5-4-2/h4-6H,3,11H2,1-2H3;5H,3-4H2,1-2H3. The van der Waals surface area contributed by atoms with Gasteiger partial charge in [0.1, 0.15) is 0 Å². The maximum absolute atomic E-state index is 11.2. The number of carbonyl (C=O) groups excluding carboxylic acids is 1. The summed E-state index contributed by atoms with van der Waals surface area (Å²) in [6.07, 6.45) is 0.545. The molecule has 3 nitrogen and oxygen atoms in total. The highest BCUT2D eigenvalue weighted by Gasteiger charge is 2.03. The van der Waals surface area contributed by atoms with Crippen LogP contribution in [-0.4, -0.2) is 18.9 Å². The summed E-state index contributed by atoms with van der Waals surface area (Å²) in [5, 5.41) is 3.11. The molecule has 1 aromatic carbocycles. The Morgan fingerprint density at radius 3 is 2.18 bits per heavy atom. The van der Waals surface area contributed by atoms with E-state index in [9.17, 15) is 4.79 Å². The largest absolute Gasteiger partial charge is 0.399 e. The zero-order valence-electron chi connectivity index (χ0n) is 11.3. The Kier molecular flexibility index (Phi) is 8.07. The van der Waals surface area contributed by atoms with Gasteiger partial charge in [-0.15, -0.1) is 0 Å². The molecule has 0 aliphatic carbocycles. The van der Waals surface area contributed by atoms with Gasteiger partial charge in [0.2, 0.25) is 0 Å². The number of nitrogen functional groups attached to an aromatic ring is 1. The molecule has 1 aromatic rings. The second-order valence-electron chi connectivity index (χ2n) is 3.81. The van der Waals surface area contributed by atoms with E-state index in [1.165, 1.54) is 0 Å². The Hall–Kier alpha value is -1.35. The highest BCUT2D eigenvalue weighted by atomic mass is 16.1. The van der Waals surface area contributed by atoms with Gasteiger partial charge in [0.05, 0.1) is 0 Å². The number of nitrogens with one attached hydrogen (secondary N) is 1. The molecule has 0 aliphatic rings. The third-order valence-electron chi connectivity index (χ3n) is 2.41. The average molecular weight is 236 g/mol. The number of hydrogen-bond acceptors (Lipinski definition) is 3. The lowest BCUT2D eigenvalue weighted by atomic mass is 10.1. The fourth-order valence-corrected chi connectivity index (χ4v) is 1.30. The number of hydrogen-bond donors (Lipinski definition) is 2. The van der Waals surface area contributed by atoms with Crippen LogP contribution in [0.3, 0.4) is 0 Å². The van der Waals surface area contributed by atoms with E-state index in [0.29, 0.717) is 6.42 Å². The summed E-state index contributed by atoms with van der Waals surface area (Å²) in [6.45, 7) is 10.1. The molecule has 0 unspecified atom stereocenters. The van der Waals surface area contributed by atoms with E-state index in [-0.39, 0.29) is 5.78 Å². The van der Waals surface area contributed by atoms with Crippen LogP contribution >= 0.6 is 0 Å². The summed E-state index contributed by atoms with van der Waals surface area (Å²) in [5.41, 5.74) is 8.08. The van der Waals surface area contributed by atoms with Crippen LogP contribution in [0.4, 0.5) is 5.69 Å². The van der Waals surface area contributed by atoms with Crippen molar-refractivity contribution in [1.29, 1.82) is 0 Å². The van der Waals surface area contributed by atoms with E-state index >= 15 is 0 Å². The highest BCUT2D eigenvalue weighted by molar-refractivity contribution is 5.96. The van der Waals surface area contributed by atoms with Crippen molar-refractivity contribution in [2.24, 2.45) is 0 Å². The highest BCUT2D eigenvalue weighted by Crippen LogP contribution is 2.13. The second kappa shape index (κ2) is 8.76. The van der Waals surface area contributed by atoms with Crippen LogP contribution in [0.25, 0.3) is 0 Å². The van der Waals surface area contributed by atoms with E-state index in [4.69, 9.17) is 5.73 Å². The number of nitrogens with two attached hydrogens (primary N) is 1. The van der Waals surface area contributed by atoms with Crippen molar-refractivity contribution >= 4 is 11.5 Å². The van der Waals surface area contributed by atoms with E-state index in [1.54, 1.807) is 12.1 Å². The van der Waals surface area contributed by atoms with Gasteiger partial charge in [-0.25, -0.2) is 0 Å². The van der Waals surface area contributed by atoms with Gasteiger partial charge in [0.25, 0.3) is 0 Å². The minimum absolute atomic E-state index is 0.165. The number of anilines is 1. The maximum atomic E-state index is 11.2. The van der Waals surface area contributed by atoms with Crippen LogP contribution in [0.5, 0.6) is 0 Å². The Morgan fingerprint density at radius 2 is 1.82 bits per heavy atom. The molecule has 0 heterocycles. The first-order valence-electron chi connectivity index (χ1n) is 6.16. The minimum atomic E-state index is 0.165. The number of rotatable bonds is 4. The summed E-state index contributed by atoms with van der Waals surface area (Å²) in [7, 11) is 0. The van der Waals surface area contributed by atoms with Gasteiger partial charge < -0.3 is 11.1 Å². The Labute approximate surface area is 104 Å². The zero-order chi connectivity index (χ0) is 13.3. The molecule has 0 saturated heterocycles. The van der Waals surface area contributed by atoms with Crippen LogP contribution in [0.1, 0.15) is 43.1 Å². The summed E-state index contributed by atoms with van der Waals surface area (Å²) in [6, 6.07) is 5.38. The normalized spacial score (nSPS) is 9.41. The molecule has 0 aliphatic heterocycles. The third-order valence-corrected chi connectivity index (χ3v) is 2.41. The topological polar surface area (TPSA) is 55.1 Å². The fraction of sp³-hybridized carbons (Fsp3) is 0.500. The smallest absolute Gasteiger partial charge is 0.162 e. The monoisotopic (exact) mass is 236 g/mol. The number of benzene rings is 1. The van der Waals surface area contributed by atoms with Gasteiger partial charge in [-0.2, -0.15) is 0 Å². The molecule has 0 radical (unpaired) electrons. The van der Waals surface area contributed by atoms with Gasteiger partial charge in [0.15, 0.2) is 5.78 Å². The molecule has 3 N–H and O–H groups in total. The first-order valence-corrected chi connectivity index (χ1v) is 6.16. The van der Waals surface area contributed by atoms with E-state index in [1.807, 2.05) is 19.9 Å². The van der Waals surface area contributed by atoms with Gasteiger partial charge in [-0.3, -0.25) is 4.79 Å². The Morgan fingerprint density at radius 1 is 1.24 bits per heavy atom. The van der Waals surface area contributed by atoms with Crippen molar-refractivity contribution < 1.29 is 4.79 Å². The lowest BCUT2D eigenvalue weighted by Gasteiger charge is -2.02. The van der Waals surface area contributed by atoms with Gasteiger partial charge in [-0.05, 0) is 43.8 Å². The maximum Gasteiger partial charge on any atom is 0.162 e. The van der Waals surface area contributed by atoms with Crippen molar-refractivity contribution in [3.05, 3.63) is 29.3 Å². The first-order chi connectivity index (χ1) is 8.06. The summed E-state index contributed by atoms with van der Waals surface area (Å²) >= 11 is 0. The Bertz CT molecular complexity index is 346. The molecule has 0 amide bonds. The molecular weight excluding hydrogens is 212 g/mol. The quantitative estimate of drug-likeness (QED) is 0.624. The van der Waals surface area contributed by atoms with Crippen molar-refractivity contribution in [2.75, 3.05) is 18.8 Å². The Balaban J connectivity index is 0.000000437. The molecule has 0 atom stereocenters. The summed E-state index contributed by atoms with van der Waals surface area (Å²) in [5.74, 6) is 0.165. The van der Waals surface area contributed by atoms with Gasteiger partial charge >= 0.3 is 0 Å².